The molecule has 4 nitrogen and oxygen atoms in total. The number of nitrogens with one attached hydrogen (secondary N) is 2. The molecule has 1 aromatic heterocycles. The van der Waals surface area contributed by atoms with Crippen LogP contribution < -0.4 is 10.6 Å². The van der Waals surface area contributed by atoms with Crippen LogP contribution in [0.25, 0.3) is 10.8 Å². The van der Waals surface area contributed by atoms with Crippen LogP contribution in [0.2, 0.25) is 0 Å². The molecule has 0 amide bonds. The highest BCUT2D eigenvalue weighted by molar-refractivity contribution is 5.85. The lowest BCUT2D eigenvalue weighted by molar-refractivity contribution is 0.573. The van der Waals surface area contributed by atoms with E-state index < -0.39 is 0 Å². The Labute approximate surface area is 133 Å². The van der Waals surface area contributed by atoms with Gasteiger partial charge in [-0.15, -0.1) is 0 Å². The number of fused-ring (bicyclic) bond motifs is 1. The van der Waals surface area contributed by atoms with Gasteiger partial charge < -0.3 is 10.6 Å². The molecule has 0 unspecified atom stereocenters. The van der Waals surface area contributed by atoms with Gasteiger partial charge >= 0.3 is 0 Å². The van der Waals surface area contributed by atoms with Crippen molar-refractivity contribution in [2.24, 2.45) is 10.9 Å². The summed E-state index contributed by atoms with van der Waals surface area (Å²) in [6, 6.07) is 10.3. The van der Waals surface area contributed by atoms with Crippen molar-refractivity contribution in [3.05, 3.63) is 42.2 Å². The Morgan fingerprint density at radius 1 is 1.18 bits per heavy atom. The molecule has 0 atom stereocenters. The highest BCUT2D eigenvalue weighted by Gasteiger charge is 2.03. The fraction of sp³-hybridized carbons (Fsp3) is 0.444. The number of nitrogens with zero attached hydrogens (tertiary/aromatic N) is 2. The smallest absolute Gasteiger partial charge is 0.191 e. The molecular formula is C18H26N4. The van der Waals surface area contributed by atoms with Crippen molar-refractivity contribution in [2.75, 3.05) is 13.1 Å². The number of aromatic nitrogens is 1. The molecule has 0 spiro atoms. The van der Waals surface area contributed by atoms with E-state index in [0.29, 0.717) is 12.5 Å². The summed E-state index contributed by atoms with van der Waals surface area (Å²) >= 11 is 0. The van der Waals surface area contributed by atoms with Crippen molar-refractivity contribution in [3.8, 4) is 0 Å². The minimum atomic E-state index is 0.582. The predicted octanol–water partition coefficient (Wildman–Crippen LogP) is 3.34. The Morgan fingerprint density at radius 3 is 2.77 bits per heavy atom. The van der Waals surface area contributed by atoms with E-state index in [4.69, 9.17) is 0 Å². The van der Waals surface area contributed by atoms with Crippen LogP contribution in [0, 0.1) is 5.92 Å². The number of pyridine rings is 1. The second kappa shape index (κ2) is 8.37. The maximum Gasteiger partial charge on any atom is 0.191 e. The average Bonchev–Trinajstić information content (AvgIpc) is 2.52. The lowest BCUT2D eigenvalue weighted by Gasteiger charge is -2.12. The topological polar surface area (TPSA) is 49.3 Å². The second-order valence-electron chi connectivity index (χ2n) is 5.78. The van der Waals surface area contributed by atoms with Crippen LogP contribution in [-0.2, 0) is 6.54 Å². The summed E-state index contributed by atoms with van der Waals surface area (Å²) in [5, 5.41) is 9.05. The van der Waals surface area contributed by atoms with Crippen molar-refractivity contribution in [2.45, 2.75) is 33.7 Å². The second-order valence-corrected chi connectivity index (χ2v) is 5.78. The van der Waals surface area contributed by atoms with E-state index in [1.165, 1.54) is 10.8 Å². The van der Waals surface area contributed by atoms with Crippen molar-refractivity contribution in [1.29, 1.82) is 0 Å². The minimum Gasteiger partial charge on any atom is -0.357 e. The third-order valence-corrected chi connectivity index (χ3v) is 3.50. The minimum absolute atomic E-state index is 0.582. The molecule has 2 aromatic rings. The highest BCUT2D eigenvalue weighted by atomic mass is 15.2. The molecule has 2 N–H and O–H groups in total. The molecule has 0 aliphatic rings. The zero-order chi connectivity index (χ0) is 15.8. The summed E-state index contributed by atoms with van der Waals surface area (Å²) in [5.41, 5.74) is 1.01. The van der Waals surface area contributed by atoms with Crippen LogP contribution in [0.3, 0.4) is 0 Å². The first kappa shape index (κ1) is 16.3. The number of hydrogen-bond acceptors (Lipinski definition) is 2. The molecule has 0 fully saturated rings. The monoisotopic (exact) mass is 298 g/mol. The Kier molecular flexibility index (Phi) is 6.19. The van der Waals surface area contributed by atoms with Crippen LogP contribution in [0.15, 0.2) is 41.5 Å². The lowest BCUT2D eigenvalue weighted by Crippen LogP contribution is -2.38. The largest absolute Gasteiger partial charge is 0.357 e. The van der Waals surface area contributed by atoms with E-state index in [0.717, 1.165) is 31.2 Å². The number of aliphatic imine (C=N–C) groups is 1. The van der Waals surface area contributed by atoms with Gasteiger partial charge in [-0.1, -0.05) is 38.1 Å². The number of benzene rings is 1. The first-order chi connectivity index (χ1) is 10.7. The molecule has 22 heavy (non-hydrogen) atoms. The van der Waals surface area contributed by atoms with Crippen molar-refractivity contribution in [3.63, 3.8) is 0 Å². The Morgan fingerprint density at radius 2 is 2.00 bits per heavy atom. The molecule has 0 aliphatic carbocycles. The van der Waals surface area contributed by atoms with Crippen LogP contribution in [-0.4, -0.2) is 24.0 Å². The van der Waals surface area contributed by atoms with Gasteiger partial charge in [0.15, 0.2) is 5.96 Å². The molecule has 4 heteroatoms. The molecule has 2 rings (SSSR count). The summed E-state index contributed by atoms with van der Waals surface area (Å²) in [6.45, 7) is 8.91. The number of guanidine groups is 1. The maximum absolute atomic E-state index is 4.66. The SMILES string of the molecule is CCNC(=NCc1nccc2ccccc12)NCCC(C)C. The van der Waals surface area contributed by atoms with Gasteiger partial charge in [0.25, 0.3) is 0 Å². The first-order valence-electron chi connectivity index (χ1n) is 8.05. The molecule has 1 heterocycles. The van der Waals surface area contributed by atoms with Crippen LogP contribution in [0.1, 0.15) is 32.9 Å². The number of hydrogen-bond donors (Lipinski definition) is 2. The van der Waals surface area contributed by atoms with E-state index in [1.54, 1.807) is 0 Å². The van der Waals surface area contributed by atoms with Crippen LogP contribution in [0.4, 0.5) is 0 Å². The quantitative estimate of drug-likeness (QED) is 0.635. The third kappa shape index (κ3) is 4.72. The summed E-state index contributed by atoms with van der Waals surface area (Å²) in [4.78, 5) is 9.15. The molecule has 0 aliphatic heterocycles. The molecule has 0 saturated carbocycles. The fourth-order valence-corrected chi connectivity index (χ4v) is 2.28. The summed E-state index contributed by atoms with van der Waals surface area (Å²) in [6.07, 6.45) is 2.99. The maximum atomic E-state index is 4.66. The van der Waals surface area contributed by atoms with Gasteiger partial charge in [-0.2, -0.15) is 0 Å². The first-order valence-corrected chi connectivity index (χ1v) is 8.05. The van der Waals surface area contributed by atoms with Gasteiger partial charge in [0, 0.05) is 24.7 Å². The van der Waals surface area contributed by atoms with Crippen LogP contribution >= 0.6 is 0 Å². The van der Waals surface area contributed by atoms with Crippen molar-refractivity contribution in [1.82, 2.24) is 15.6 Å². The average molecular weight is 298 g/mol. The zero-order valence-corrected chi connectivity index (χ0v) is 13.8. The zero-order valence-electron chi connectivity index (χ0n) is 13.8. The molecular weight excluding hydrogens is 272 g/mol. The molecule has 0 bridgehead atoms. The van der Waals surface area contributed by atoms with Gasteiger partial charge in [-0.05, 0) is 30.7 Å². The van der Waals surface area contributed by atoms with E-state index in [9.17, 15) is 0 Å². The molecule has 0 saturated heterocycles. The van der Waals surface area contributed by atoms with Gasteiger partial charge in [-0.3, -0.25) is 4.98 Å². The standard InChI is InChI=1S/C18H26N4/c1-4-19-18(21-11-9-14(2)3)22-13-17-16-8-6-5-7-15(16)10-12-20-17/h5-8,10,12,14H,4,9,11,13H2,1-3H3,(H2,19,21,22). The van der Waals surface area contributed by atoms with Crippen LogP contribution in [0.5, 0.6) is 0 Å². The Bertz CT molecular complexity index is 614. The van der Waals surface area contributed by atoms with Crippen molar-refractivity contribution < 1.29 is 0 Å². The fourth-order valence-electron chi connectivity index (χ4n) is 2.28. The molecule has 1 aromatic carbocycles. The van der Waals surface area contributed by atoms with E-state index in [2.05, 4.69) is 53.5 Å². The van der Waals surface area contributed by atoms with Gasteiger partial charge in [0.05, 0.1) is 12.2 Å². The lowest BCUT2D eigenvalue weighted by atomic mass is 10.1. The van der Waals surface area contributed by atoms with Gasteiger partial charge in [0.1, 0.15) is 0 Å². The van der Waals surface area contributed by atoms with E-state index in [-0.39, 0.29) is 0 Å². The molecule has 118 valence electrons. The van der Waals surface area contributed by atoms with Crippen molar-refractivity contribution >= 4 is 16.7 Å². The summed E-state index contributed by atoms with van der Waals surface area (Å²) in [5.74, 6) is 1.55. The summed E-state index contributed by atoms with van der Waals surface area (Å²) in [7, 11) is 0. The Balaban J connectivity index is 2.08. The number of rotatable bonds is 6. The van der Waals surface area contributed by atoms with Gasteiger partial charge in [-0.25, -0.2) is 4.99 Å². The third-order valence-electron chi connectivity index (χ3n) is 3.50. The van der Waals surface area contributed by atoms with E-state index >= 15 is 0 Å². The van der Waals surface area contributed by atoms with E-state index in [1.807, 2.05) is 24.4 Å². The molecule has 0 radical (unpaired) electrons. The Hall–Kier alpha value is -2.10. The van der Waals surface area contributed by atoms with Gasteiger partial charge in [0.2, 0.25) is 0 Å². The summed E-state index contributed by atoms with van der Waals surface area (Å²) < 4.78 is 0. The highest BCUT2D eigenvalue weighted by Crippen LogP contribution is 2.16. The predicted molar refractivity (Wildman–Crippen MR) is 94.0 cm³/mol. The normalized spacial score (nSPS) is 11.9.